The van der Waals surface area contributed by atoms with E-state index in [2.05, 4.69) is 4.74 Å². The summed E-state index contributed by atoms with van der Waals surface area (Å²) in [5.41, 5.74) is -0.439. The van der Waals surface area contributed by atoms with Gasteiger partial charge in [0.05, 0.1) is 7.11 Å². The summed E-state index contributed by atoms with van der Waals surface area (Å²) in [5, 5.41) is -1.19. The fraction of sp³-hybridized carbons (Fsp3) is 0.889. The molecule has 0 N–H and O–H groups in total. The lowest BCUT2D eigenvalue weighted by Gasteiger charge is -2.10. The minimum Gasteiger partial charge on any atom is -0.466 e. The molecular weight excluding hydrogens is 224 g/mol. The molecule has 1 spiro atoms. The lowest BCUT2D eigenvalue weighted by molar-refractivity contribution is -0.143. The van der Waals surface area contributed by atoms with Crippen LogP contribution in [0.5, 0.6) is 0 Å². The van der Waals surface area contributed by atoms with Gasteiger partial charge in [-0.2, -0.15) is 11.8 Å². The van der Waals surface area contributed by atoms with Gasteiger partial charge in [-0.05, 0) is 30.8 Å². The SMILES string of the molecule is COC(=O)C1(Cl)OC12CCCSCC2. The predicted molar refractivity (Wildman–Crippen MR) is 55.6 cm³/mol. The molecule has 3 nitrogen and oxygen atoms in total. The standard InChI is InChI=1S/C9H13ClO3S/c1-12-7(11)9(10)8(13-9)3-2-5-14-6-4-8/h2-6H2,1H3. The maximum absolute atomic E-state index is 11.4. The van der Waals surface area contributed by atoms with E-state index in [4.69, 9.17) is 16.3 Å². The third-order valence-corrected chi connectivity index (χ3v) is 4.49. The molecule has 14 heavy (non-hydrogen) atoms. The van der Waals surface area contributed by atoms with Crippen LogP contribution in [0.2, 0.25) is 0 Å². The Balaban J connectivity index is 2.09. The van der Waals surface area contributed by atoms with Crippen LogP contribution in [0.4, 0.5) is 0 Å². The number of hydrogen-bond donors (Lipinski definition) is 0. The Labute approximate surface area is 92.5 Å². The molecule has 0 aromatic heterocycles. The van der Waals surface area contributed by atoms with E-state index in [0.29, 0.717) is 0 Å². The van der Waals surface area contributed by atoms with Crippen LogP contribution in [-0.2, 0) is 14.3 Å². The Kier molecular flexibility index (Phi) is 2.70. The molecule has 0 radical (unpaired) electrons. The molecule has 0 aromatic carbocycles. The maximum Gasteiger partial charge on any atom is 0.357 e. The molecule has 0 bridgehead atoms. The third-order valence-electron chi connectivity index (χ3n) is 2.85. The second-order valence-electron chi connectivity index (χ2n) is 3.65. The van der Waals surface area contributed by atoms with Gasteiger partial charge >= 0.3 is 5.97 Å². The molecule has 2 unspecified atom stereocenters. The number of epoxide rings is 1. The molecule has 0 aliphatic carbocycles. The average molecular weight is 237 g/mol. The van der Waals surface area contributed by atoms with Gasteiger partial charge in [-0.25, -0.2) is 4.79 Å². The Hall–Kier alpha value is 0.0700. The highest BCUT2D eigenvalue weighted by Gasteiger charge is 2.74. The van der Waals surface area contributed by atoms with Crippen LogP contribution >= 0.6 is 23.4 Å². The number of carbonyl (C=O) groups excluding carboxylic acids is 1. The van der Waals surface area contributed by atoms with Gasteiger partial charge in [-0.1, -0.05) is 11.6 Å². The number of alkyl halides is 1. The number of esters is 1. The summed E-state index contributed by atoms with van der Waals surface area (Å²) >= 11 is 7.98. The quantitative estimate of drug-likeness (QED) is 0.395. The molecule has 5 heteroatoms. The number of halogens is 1. The molecule has 2 aliphatic heterocycles. The first-order chi connectivity index (χ1) is 6.65. The maximum atomic E-state index is 11.4. The van der Waals surface area contributed by atoms with Gasteiger partial charge in [0.25, 0.3) is 5.06 Å². The normalized spacial score (nSPS) is 41.9. The van der Waals surface area contributed by atoms with Crippen LogP contribution in [0.1, 0.15) is 19.3 Å². The average Bonchev–Trinajstić information content (AvgIpc) is 2.86. The molecule has 2 heterocycles. The first-order valence-corrected chi connectivity index (χ1v) is 6.23. The fourth-order valence-corrected chi connectivity index (χ4v) is 3.39. The number of ether oxygens (including phenoxy) is 2. The Morgan fingerprint density at radius 3 is 3.00 bits per heavy atom. The zero-order valence-corrected chi connectivity index (χ0v) is 9.62. The first-order valence-electron chi connectivity index (χ1n) is 4.70. The summed E-state index contributed by atoms with van der Waals surface area (Å²) in [6.07, 6.45) is 2.75. The van der Waals surface area contributed by atoms with Crippen molar-refractivity contribution >= 4 is 29.3 Å². The Bertz CT molecular complexity index is 250. The molecule has 2 saturated heterocycles. The molecular formula is C9H13ClO3S. The second-order valence-corrected chi connectivity index (χ2v) is 5.41. The monoisotopic (exact) mass is 236 g/mol. The van der Waals surface area contributed by atoms with Crippen LogP contribution in [0.15, 0.2) is 0 Å². The van der Waals surface area contributed by atoms with Crippen molar-refractivity contribution in [2.75, 3.05) is 18.6 Å². The van der Waals surface area contributed by atoms with E-state index in [1.54, 1.807) is 0 Å². The zero-order chi connectivity index (χ0) is 10.2. The van der Waals surface area contributed by atoms with E-state index in [9.17, 15) is 4.79 Å². The first kappa shape index (κ1) is 10.6. The molecule has 0 amide bonds. The molecule has 80 valence electrons. The van der Waals surface area contributed by atoms with E-state index in [0.717, 1.165) is 30.8 Å². The second kappa shape index (κ2) is 3.58. The van der Waals surface area contributed by atoms with E-state index < -0.39 is 16.6 Å². The van der Waals surface area contributed by atoms with Gasteiger partial charge in [0, 0.05) is 0 Å². The summed E-state index contributed by atoms with van der Waals surface area (Å²) in [6, 6.07) is 0. The van der Waals surface area contributed by atoms with Crippen LogP contribution in [0.25, 0.3) is 0 Å². The van der Waals surface area contributed by atoms with Crippen LogP contribution in [0.3, 0.4) is 0 Å². The van der Waals surface area contributed by atoms with Crippen molar-refractivity contribution in [3.8, 4) is 0 Å². The van der Waals surface area contributed by atoms with Crippen molar-refractivity contribution in [1.29, 1.82) is 0 Å². The van der Waals surface area contributed by atoms with Crippen LogP contribution in [0, 0.1) is 0 Å². The van der Waals surface area contributed by atoms with E-state index >= 15 is 0 Å². The highest BCUT2D eigenvalue weighted by atomic mass is 35.5. The summed E-state index contributed by atoms with van der Waals surface area (Å²) in [7, 11) is 1.34. The van der Waals surface area contributed by atoms with Gasteiger partial charge in [0.2, 0.25) is 0 Å². The molecule has 0 aromatic rings. The number of carbonyl (C=O) groups is 1. The predicted octanol–water partition coefficient (Wildman–Crippen LogP) is 1.78. The zero-order valence-electron chi connectivity index (χ0n) is 8.05. The van der Waals surface area contributed by atoms with E-state index in [1.165, 1.54) is 7.11 Å². The number of hydrogen-bond acceptors (Lipinski definition) is 4. The van der Waals surface area contributed by atoms with E-state index in [-0.39, 0.29) is 0 Å². The minimum absolute atomic E-state index is 0.439. The number of thioether (sulfide) groups is 1. The largest absolute Gasteiger partial charge is 0.466 e. The Morgan fingerprint density at radius 1 is 1.50 bits per heavy atom. The van der Waals surface area contributed by atoms with Crippen molar-refractivity contribution in [2.24, 2.45) is 0 Å². The van der Waals surface area contributed by atoms with Crippen molar-refractivity contribution in [3.63, 3.8) is 0 Å². The van der Waals surface area contributed by atoms with Crippen molar-refractivity contribution in [2.45, 2.75) is 29.9 Å². The molecule has 2 aliphatic rings. The van der Waals surface area contributed by atoms with Crippen LogP contribution in [-0.4, -0.2) is 35.2 Å². The van der Waals surface area contributed by atoms with Crippen molar-refractivity contribution < 1.29 is 14.3 Å². The fourth-order valence-electron chi connectivity index (χ4n) is 1.95. The van der Waals surface area contributed by atoms with Gasteiger partial charge in [-0.15, -0.1) is 0 Å². The van der Waals surface area contributed by atoms with Crippen LogP contribution < -0.4 is 0 Å². The van der Waals surface area contributed by atoms with Crippen molar-refractivity contribution in [1.82, 2.24) is 0 Å². The van der Waals surface area contributed by atoms with E-state index in [1.807, 2.05) is 11.8 Å². The lowest BCUT2D eigenvalue weighted by Crippen LogP contribution is -2.30. The third kappa shape index (κ3) is 1.44. The van der Waals surface area contributed by atoms with Crippen molar-refractivity contribution in [3.05, 3.63) is 0 Å². The minimum atomic E-state index is -1.19. The molecule has 2 fully saturated rings. The van der Waals surface area contributed by atoms with Gasteiger partial charge in [0.1, 0.15) is 5.60 Å². The summed E-state index contributed by atoms with van der Waals surface area (Å²) in [5.74, 6) is 1.68. The smallest absolute Gasteiger partial charge is 0.357 e. The lowest BCUT2D eigenvalue weighted by atomic mass is 9.96. The van der Waals surface area contributed by atoms with Gasteiger partial charge in [0.15, 0.2) is 0 Å². The van der Waals surface area contributed by atoms with Gasteiger partial charge < -0.3 is 9.47 Å². The summed E-state index contributed by atoms with van der Waals surface area (Å²) in [6.45, 7) is 0. The van der Waals surface area contributed by atoms with Gasteiger partial charge in [-0.3, -0.25) is 0 Å². The Morgan fingerprint density at radius 2 is 2.29 bits per heavy atom. The molecule has 0 saturated carbocycles. The summed E-state index contributed by atoms with van der Waals surface area (Å²) in [4.78, 5) is 11.4. The summed E-state index contributed by atoms with van der Waals surface area (Å²) < 4.78 is 10.1. The highest BCUT2D eigenvalue weighted by molar-refractivity contribution is 7.99. The topological polar surface area (TPSA) is 38.8 Å². The number of rotatable bonds is 1. The molecule has 2 rings (SSSR count). The highest BCUT2D eigenvalue weighted by Crippen LogP contribution is 2.58. The molecule has 2 atom stereocenters. The number of methoxy groups -OCH3 is 1.